The quantitative estimate of drug-likeness (QED) is 0.723. The fraction of sp³-hybridized carbons (Fsp3) is 0.423. The molecule has 0 unspecified atom stereocenters. The molecule has 2 heterocycles. The van der Waals surface area contributed by atoms with Crippen LogP contribution in [-0.4, -0.2) is 28.4 Å². The molecule has 5 heteroatoms. The molecule has 1 aromatic carbocycles. The molecule has 0 atom stereocenters. The number of hydrogen-bond acceptors (Lipinski definition) is 3. The number of hydrogen-bond donors (Lipinski definition) is 1. The van der Waals surface area contributed by atoms with Crippen LogP contribution < -0.4 is 5.32 Å². The maximum absolute atomic E-state index is 11.8. The first-order valence-corrected chi connectivity index (χ1v) is 10.9. The van der Waals surface area contributed by atoms with Crippen LogP contribution in [-0.2, 0) is 22.2 Å². The van der Waals surface area contributed by atoms with Gasteiger partial charge in [-0.2, -0.15) is 0 Å². The number of aryl methyl sites for hydroxylation is 1. The Labute approximate surface area is 184 Å². The van der Waals surface area contributed by atoms with E-state index in [4.69, 9.17) is 0 Å². The molecule has 1 aliphatic heterocycles. The third-order valence-corrected chi connectivity index (χ3v) is 6.93. The summed E-state index contributed by atoms with van der Waals surface area (Å²) in [4.78, 5) is 29.4. The maximum atomic E-state index is 11.8. The highest BCUT2D eigenvalue weighted by Crippen LogP contribution is 2.47. The molecular weight excluding hydrogens is 386 g/mol. The predicted octanol–water partition coefficient (Wildman–Crippen LogP) is 4.85. The molecule has 1 fully saturated rings. The zero-order chi connectivity index (χ0) is 22.6. The summed E-state index contributed by atoms with van der Waals surface area (Å²) in [6.07, 6.45) is 4.07. The van der Waals surface area contributed by atoms with Crippen molar-refractivity contribution in [3.8, 4) is 0 Å². The molecule has 0 radical (unpaired) electrons. The number of rotatable bonds is 4. The molecule has 0 bridgehead atoms. The largest absolute Gasteiger partial charge is 0.329 e. The van der Waals surface area contributed by atoms with Gasteiger partial charge in [-0.05, 0) is 70.5 Å². The molecule has 0 spiro atoms. The fourth-order valence-electron chi connectivity index (χ4n) is 4.68. The number of nitrogens with zero attached hydrogens (tertiary/aromatic N) is 2. The number of imide groups is 1. The first kappa shape index (κ1) is 21.3. The van der Waals surface area contributed by atoms with Crippen LogP contribution >= 0.6 is 0 Å². The second kappa shape index (κ2) is 7.33. The molecule has 31 heavy (non-hydrogen) atoms. The molecule has 2 aliphatic rings. The van der Waals surface area contributed by atoms with Gasteiger partial charge in [0.25, 0.3) is 0 Å². The Morgan fingerprint density at radius 1 is 1.10 bits per heavy atom. The van der Waals surface area contributed by atoms with Gasteiger partial charge < -0.3 is 5.32 Å². The molecular formula is C26H31N3O2. The van der Waals surface area contributed by atoms with Gasteiger partial charge in [0.05, 0.1) is 18.8 Å². The van der Waals surface area contributed by atoms with Crippen molar-refractivity contribution in [1.82, 2.24) is 15.2 Å². The predicted molar refractivity (Wildman–Crippen MR) is 123 cm³/mol. The number of aromatic nitrogens is 1. The van der Waals surface area contributed by atoms with E-state index in [1.807, 2.05) is 12.1 Å². The van der Waals surface area contributed by atoms with Gasteiger partial charge in [-0.3, -0.25) is 14.7 Å². The Balaban J connectivity index is 1.63. The lowest BCUT2D eigenvalue weighted by molar-refractivity contribution is -0.125. The standard InChI is InChI=1S/C26H31N3O2/c1-16-11-20-21(26(5,6)10-9-25(20,3)4)12-19(16)17(2)22-8-7-18(13-27-22)15-29-23(30)14-28-24(29)31/h7-8,11-13H,2,9-10,14-15H2,1,3-6H3,(H,28,31). The van der Waals surface area contributed by atoms with Crippen molar-refractivity contribution in [2.75, 3.05) is 6.54 Å². The van der Waals surface area contributed by atoms with E-state index in [9.17, 15) is 9.59 Å². The van der Waals surface area contributed by atoms with Gasteiger partial charge in [0.1, 0.15) is 0 Å². The average molecular weight is 418 g/mol. The highest BCUT2D eigenvalue weighted by atomic mass is 16.2. The number of pyridine rings is 1. The van der Waals surface area contributed by atoms with Gasteiger partial charge in [0.2, 0.25) is 5.91 Å². The minimum atomic E-state index is -0.353. The molecule has 1 aliphatic carbocycles. The highest BCUT2D eigenvalue weighted by Gasteiger charge is 2.37. The summed E-state index contributed by atoms with van der Waals surface area (Å²) in [5, 5.41) is 2.54. The molecule has 1 N–H and O–H groups in total. The van der Waals surface area contributed by atoms with Crippen molar-refractivity contribution in [3.05, 3.63) is 70.6 Å². The highest BCUT2D eigenvalue weighted by molar-refractivity contribution is 6.01. The lowest BCUT2D eigenvalue weighted by Gasteiger charge is -2.42. The van der Waals surface area contributed by atoms with Crippen LogP contribution in [0.25, 0.3) is 5.57 Å². The Morgan fingerprint density at radius 3 is 2.29 bits per heavy atom. The van der Waals surface area contributed by atoms with E-state index in [1.54, 1.807) is 6.20 Å². The summed E-state index contributed by atoms with van der Waals surface area (Å²) in [6, 6.07) is 8.13. The van der Waals surface area contributed by atoms with Gasteiger partial charge in [-0.1, -0.05) is 46.4 Å². The normalized spacial score (nSPS) is 19.2. The maximum Gasteiger partial charge on any atom is 0.324 e. The number of urea groups is 1. The third kappa shape index (κ3) is 3.78. The van der Waals surface area contributed by atoms with Gasteiger partial charge in [0, 0.05) is 11.8 Å². The van der Waals surface area contributed by atoms with Gasteiger partial charge in [-0.15, -0.1) is 0 Å². The summed E-state index contributed by atoms with van der Waals surface area (Å²) < 4.78 is 0. The minimum Gasteiger partial charge on any atom is -0.329 e. The molecule has 4 rings (SSSR count). The molecule has 3 amide bonds. The number of amides is 3. The van der Waals surface area contributed by atoms with E-state index >= 15 is 0 Å². The van der Waals surface area contributed by atoms with E-state index in [-0.39, 0.29) is 35.9 Å². The van der Waals surface area contributed by atoms with Gasteiger partial charge in [0.15, 0.2) is 0 Å². The smallest absolute Gasteiger partial charge is 0.324 e. The molecule has 1 aromatic heterocycles. The molecule has 2 aromatic rings. The van der Waals surface area contributed by atoms with Crippen molar-refractivity contribution < 1.29 is 9.59 Å². The summed E-state index contributed by atoms with van der Waals surface area (Å²) in [7, 11) is 0. The van der Waals surface area contributed by atoms with E-state index in [2.05, 4.69) is 63.6 Å². The fourth-order valence-corrected chi connectivity index (χ4v) is 4.68. The first-order valence-electron chi connectivity index (χ1n) is 10.9. The van der Waals surface area contributed by atoms with Crippen LogP contribution in [0.5, 0.6) is 0 Å². The van der Waals surface area contributed by atoms with E-state index < -0.39 is 0 Å². The Hall–Kier alpha value is -2.95. The van der Waals surface area contributed by atoms with Crippen LogP contribution in [0.4, 0.5) is 4.79 Å². The number of nitrogens with one attached hydrogen (secondary N) is 1. The van der Waals surface area contributed by atoms with E-state index in [0.29, 0.717) is 0 Å². The second-order valence-electron chi connectivity index (χ2n) is 10.1. The SMILES string of the molecule is C=C(c1ccc(CN2C(=O)CNC2=O)cn1)c1cc2c(cc1C)C(C)(C)CCC2(C)C. The van der Waals surface area contributed by atoms with Crippen LogP contribution in [0, 0.1) is 6.92 Å². The summed E-state index contributed by atoms with van der Waals surface area (Å²) in [5.74, 6) is -0.214. The topological polar surface area (TPSA) is 62.3 Å². The third-order valence-electron chi connectivity index (χ3n) is 6.93. The monoisotopic (exact) mass is 417 g/mol. The number of carbonyl (C=O) groups excluding carboxylic acids is 2. The number of fused-ring (bicyclic) bond motifs is 1. The van der Waals surface area contributed by atoms with Crippen LogP contribution in [0.1, 0.15) is 74.0 Å². The van der Waals surface area contributed by atoms with Gasteiger partial charge >= 0.3 is 6.03 Å². The molecule has 1 saturated heterocycles. The zero-order valence-electron chi connectivity index (χ0n) is 19.1. The van der Waals surface area contributed by atoms with Crippen molar-refractivity contribution in [3.63, 3.8) is 0 Å². The van der Waals surface area contributed by atoms with Gasteiger partial charge in [-0.25, -0.2) is 4.79 Å². The van der Waals surface area contributed by atoms with E-state index in [0.717, 1.165) is 28.8 Å². The Kier molecular flexibility index (Phi) is 5.03. The molecule has 0 saturated carbocycles. The van der Waals surface area contributed by atoms with Crippen molar-refractivity contribution >= 4 is 17.5 Å². The van der Waals surface area contributed by atoms with Crippen molar-refractivity contribution in [2.24, 2.45) is 0 Å². The number of carbonyl (C=O) groups is 2. The second-order valence-corrected chi connectivity index (χ2v) is 10.1. The average Bonchev–Trinajstić information content (AvgIpc) is 3.03. The molecule has 162 valence electrons. The lowest BCUT2D eigenvalue weighted by Crippen LogP contribution is -2.34. The molecule has 5 nitrogen and oxygen atoms in total. The minimum absolute atomic E-state index is 0.0614. The van der Waals surface area contributed by atoms with E-state index in [1.165, 1.54) is 28.0 Å². The summed E-state index contributed by atoms with van der Waals surface area (Å²) >= 11 is 0. The summed E-state index contributed by atoms with van der Waals surface area (Å²) in [6.45, 7) is 16.1. The Morgan fingerprint density at radius 2 is 1.74 bits per heavy atom. The Bertz CT molecular complexity index is 1060. The van der Waals surface area contributed by atoms with Crippen molar-refractivity contribution in [2.45, 2.75) is 64.8 Å². The number of benzene rings is 1. The van der Waals surface area contributed by atoms with Crippen molar-refractivity contribution in [1.29, 1.82) is 0 Å². The zero-order valence-corrected chi connectivity index (χ0v) is 19.1. The summed E-state index contributed by atoms with van der Waals surface area (Å²) in [5.41, 5.74) is 7.99. The van der Waals surface area contributed by atoms with Crippen LogP contribution in [0.2, 0.25) is 0 Å². The lowest BCUT2D eigenvalue weighted by atomic mass is 9.62. The van der Waals surface area contributed by atoms with Crippen LogP contribution in [0.15, 0.2) is 37.0 Å². The van der Waals surface area contributed by atoms with Crippen LogP contribution in [0.3, 0.4) is 0 Å². The first-order chi connectivity index (χ1) is 14.5.